The zero-order valence-corrected chi connectivity index (χ0v) is 12.3. The van der Waals surface area contributed by atoms with Gasteiger partial charge in [-0.25, -0.2) is 0 Å². The Kier molecular flexibility index (Phi) is 5.68. The molecule has 0 unspecified atom stereocenters. The molecule has 2 saturated carbocycles. The van der Waals surface area contributed by atoms with Crippen LogP contribution in [-0.2, 0) is 4.79 Å². The second kappa shape index (κ2) is 7.28. The summed E-state index contributed by atoms with van der Waals surface area (Å²) in [5, 5.41) is 3.22. The molecule has 0 heterocycles. The summed E-state index contributed by atoms with van der Waals surface area (Å²) in [6.07, 6.45) is 13.5. The molecular formula is C16H30N2O. The molecule has 0 atom stereocenters. The Morgan fingerprint density at radius 1 is 1.00 bits per heavy atom. The summed E-state index contributed by atoms with van der Waals surface area (Å²) in [5.41, 5.74) is 6.17. The Morgan fingerprint density at radius 3 is 2.16 bits per heavy atom. The van der Waals surface area contributed by atoms with Gasteiger partial charge in [0.05, 0.1) is 0 Å². The van der Waals surface area contributed by atoms with Gasteiger partial charge >= 0.3 is 0 Å². The number of nitrogens with one attached hydrogen (secondary N) is 1. The molecule has 0 bridgehead atoms. The van der Waals surface area contributed by atoms with Crippen molar-refractivity contribution in [2.75, 3.05) is 13.1 Å². The highest BCUT2D eigenvalue weighted by Crippen LogP contribution is 2.34. The van der Waals surface area contributed by atoms with Crippen LogP contribution in [0, 0.1) is 11.3 Å². The lowest BCUT2D eigenvalue weighted by Crippen LogP contribution is -2.45. The lowest BCUT2D eigenvalue weighted by atomic mass is 9.74. The highest BCUT2D eigenvalue weighted by Gasteiger charge is 2.31. The maximum Gasteiger partial charge on any atom is 0.223 e. The molecule has 2 aliphatic carbocycles. The summed E-state index contributed by atoms with van der Waals surface area (Å²) in [5.74, 6) is 0.557. The zero-order valence-electron chi connectivity index (χ0n) is 12.3. The molecule has 0 aromatic carbocycles. The van der Waals surface area contributed by atoms with E-state index >= 15 is 0 Å². The van der Waals surface area contributed by atoms with Gasteiger partial charge in [0.2, 0.25) is 5.91 Å². The van der Waals surface area contributed by atoms with E-state index in [0.717, 1.165) is 25.9 Å². The molecule has 3 N–H and O–H groups in total. The van der Waals surface area contributed by atoms with Gasteiger partial charge in [-0.15, -0.1) is 0 Å². The fourth-order valence-electron chi connectivity index (χ4n) is 3.72. The topological polar surface area (TPSA) is 55.1 Å². The fraction of sp³-hybridized carbons (Fsp3) is 0.938. The Morgan fingerprint density at radius 2 is 1.58 bits per heavy atom. The Bertz CT molecular complexity index is 276. The van der Waals surface area contributed by atoms with Gasteiger partial charge in [-0.05, 0) is 37.6 Å². The van der Waals surface area contributed by atoms with E-state index in [9.17, 15) is 4.79 Å². The van der Waals surface area contributed by atoms with E-state index < -0.39 is 0 Å². The quantitative estimate of drug-likeness (QED) is 0.769. The van der Waals surface area contributed by atoms with Gasteiger partial charge in [-0.1, -0.05) is 44.9 Å². The lowest BCUT2D eigenvalue weighted by molar-refractivity contribution is -0.126. The van der Waals surface area contributed by atoms with E-state index in [2.05, 4.69) is 5.32 Å². The fourth-order valence-corrected chi connectivity index (χ4v) is 3.72. The maximum absolute atomic E-state index is 12.3. The second-order valence-corrected chi connectivity index (χ2v) is 6.67. The van der Waals surface area contributed by atoms with E-state index in [1.54, 1.807) is 0 Å². The van der Waals surface area contributed by atoms with Crippen LogP contribution < -0.4 is 11.1 Å². The summed E-state index contributed by atoms with van der Waals surface area (Å²) < 4.78 is 0. The number of nitrogens with two attached hydrogens (primary N) is 1. The van der Waals surface area contributed by atoms with Crippen LogP contribution in [0.3, 0.4) is 0 Å². The summed E-state index contributed by atoms with van der Waals surface area (Å²) in [6, 6.07) is 0. The van der Waals surface area contributed by atoms with Crippen LogP contribution in [-0.4, -0.2) is 19.0 Å². The number of carbonyl (C=O) groups excluding carboxylic acids is 1. The van der Waals surface area contributed by atoms with Gasteiger partial charge in [0.15, 0.2) is 0 Å². The minimum Gasteiger partial charge on any atom is -0.355 e. The number of rotatable bonds is 4. The molecule has 2 fully saturated rings. The van der Waals surface area contributed by atoms with Crippen molar-refractivity contribution >= 4 is 5.91 Å². The van der Waals surface area contributed by atoms with Gasteiger partial charge in [0.25, 0.3) is 0 Å². The molecule has 19 heavy (non-hydrogen) atoms. The van der Waals surface area contributed by atoms with E-state index in [0.29, 0.717) is 5.91 Å². The van der Waals surface area contributed by atoms with Crippen LogP contribution in [0.2, 0.25) is 0 Å². The molecule has 0 aromatic heterocycles. The molecule has 0 aliphatic heterocycles. The third-order valence-corrected chi connectivity index (χ3v) is 5.21. The zero-order chi connectivity index (χ0) is 13.6. The lowest BCUT2D eigenvalue weighted by Gasteiger charge is -2.36. The van der Waals surface area contributed by atoms with E-state index in [-0.39, 0.29) is 11.3 Å². The molecule has 0 spiro atoms. The molecule has 3 heteroatoms. The first-order valence-electron chi connectivity index (χ1n) is 8.24. The van der Waals surface area contributed by atoms with Crippen LogP contribution in [0.25, 0.3) is 0 Å². The predicted octanol–water partition coefficient (Wildman–Crippen LogP) is 2.98. The van der Waals surface area contributed by atoms with Crippen molar-refractivity contribution in [2.45, 2.75) is 70.6 Å². The van der Waals surface area contributed by atoms with Gasteiger partial charge in [-0.3, -0.25) is 4.79 Å². The SMILES string of the molecule is NCC1(CNC(=O)C2CCCCCC2)CCCCC1. The normalized spacial score (nSPS) is 24.7. The Balaban J connectivity index is 1.80. The van der Waals surface area contributed by atoms with Crippen molar-refractivity contribution in [2.24, 2.45) is 17.1 Å². The smallest absolute Gasteiger partial charge is 0.223 e. The molecule has 2 aliphatic rings. The minimum atomic E-state index is 0.193. The molecule has 3 nitrogen and oxygen atoms in total. The van der Waals surface area contributed by atoms with Crippen molar-refractivity contribution in [1.29, 1.82) is 0 Å². The van der Waals surface area contributed by atoms with E-state index in [4.69, 9.17) is 5.73 Å². The first-order valence-corrected chi connectivity index (χ1v) is 8.24. The standard InChI is InChI=1S/C16H30N2O/c17-12-16(10-6-3-7-11-16)13-18-15(19)14-8-4-1-2-5-9-14/h14H,1-13,17H2,(H,18,19). The third-order valence-electron chi connectivity index (χ3n) is 5.21. The first kappa shape index (κ1) is 14.8. The van der Waals surface area contributed by atoms with Crippen LogP contribution in [0.15, 0.2) is 0 Å². The number of hydrogen-bond donors (Lipinski definition) is 2. The number of amides is 1. The summed E-state index contributed by atoms with van der Waals surface area (Å²) in [4.78, 5) is 12.3. The third kappa shape index (κ3) is 4.20. The largest absolute Gasteiger partial charge is 0.355 e. The summed E-state index contributed by atoms with van der Waals surface area (Å²) in [6.45, 7) is 1.52. The number of hydrogen-bond acceptors (Lipinski definition) is 2. The summed E-state index contributed by atoms with van der Waals surface area (Å²) in [7, 11) is 0. The van der Waals surface area contributed by atoms with Crippen LogP contribution >= 0.6 is 0 Å². The predicted molar refractivity (Wildman–Crippen MR) is 78.8 cm³/mol. The highest BCUT2D eigenvalue weighted by atomic mass is 16.1. The summed E-state index contributed by atoms with van der Waals surface area (Å²) >= 11 is 0. The van der Waals surface area contributed by atoms with Gasteiger partial charge < -0.3 is 11.1 Å². The second-order valence-electron chi connectivity index (χ2n) is 6.67. The molecule has 1 amide bonds. The van der Waals surface area contributed by atoms with Crippen molar-refractivity contribution in [1.82, 2.24) is 5.32 Å². The monoisotopic (exact) mass is 266 g/mol. The maximum atomic E-state index is 12.3. The average molecular weight is 266 g/mol. The molecule has 0 saturated heterocycles. The molecular weight excluding hydrogens is 236 g/mol. The van der Waals surface area contributed by atoms with Crippen molar-refractivity contribution in [3.8, 4) is 0 Å². The minimum absolute atomic E-state index is 0.193. The molecule has 0 radical (unpaired) electrons. The Hall–Kier alpha value is -0.570. The van der Waals surface area contributed by atoms with Gasteiger partial charge in [0, 0.05) is 12.5 Å². The Labute approximate surface area is 117 Å². The molecule has 0 aromatic rings. The number of carbonyl (C=O) groups is 1. The van der Waals surface area contributed by atoms with Crippen LogP contribution in [0.4, 0.5) is 0 Å². The molecule has 2 rings (SSSR count). The van der Waals surface area contributed by atoms with Crippen LogP contribution in [0.1, 0.15) is 70.6 Å². The first-order chi connectivity index (χ1) is 9.26. The average Bonchev–Trinajstić information content (AvgIpc) is 2.75. The van der Waals surface area contributed by atoms with Crippen LogP contribution in [0.5, 0.6) is 0 Å². The van der Waals surface area contributed by atoms with Crippen molar-refractivity contribution in [3.05, 3.63) is 0 Å². The van der Waals surface area contributed by atoms with Gasteiger partial charge in [0.1, 0.15) is 0 Å². The van der Waals surface area contributed by atoms with Crippen molar-refractivity contribution in [3.63, 3.8) is 0 Å². The van der Waals surface area contributed by atoms with E-state index in [1.165, 1.54) is 57.8 Å². The van der Waals surface area contributed by atoms with Gasteiger partial charge in [-0.2, -0.15) is 0 Å². The van der Waals surface area contributed by atoms with Crippen molar-refractivity contribution < 1.29 is 4.79 Å². The molecule has 110 valence electrons. The highest BCUT2D eigenvalue weighted by molar-refractivity contribution is 5.78. The van der Waals surface area contributed by atoms with E-state index in [1.807, 2.05) is 0 Å².